The van der Waals surface area contributed by atoms with E-state index in [1.165, 1.54) is 5.56 Å². The number of ketones is 1. The topological polar surface area (TPSA) is 89.5 Å². The molecule has 3 aliphatic rings. The number of carbonyl (C=O) groups excluding carboxylic acids is 2. The Morgan fingerprint density at radius 2 is 2.07 bits per heavy atom. The molecule has 27 heavy (non-hydrogen) atoms. The Kier molecular flexibility index (Phi) is 4.53. The molecule has 1 aromatic rings. The number of benzene rings is 1. The highest BCUT2D eigenvalue weighted by Gasteiger charge is 2.56. The van der Waals surface area contributed by atoms with Crippen LogP contribution in [-0.4, -0.2) is 20.6 Å². The number of hydrogen-bond acceptors (Lipinski definition) is 5. The zero-order chi connectivity index (χ0) is 19.2. The molecule has 4 atom stereocenters. The van der Waals surface area contributed by atoms with Gasteiger partial charge in [-0.15, -0.1) is 0 Å². The average molecular weight is 391 g/mol. The van der Waals surface area contributed by atoms with Gasteiger partial charge in [-0.3, -0.25) is 9.59 Å². The first-order valence-electron chi connectivity index (χ1n) is 9.71. The monoisotopic (exact) mass is 391 g/mol. The van der Waals surface area contributed by atoms with Crippen molar-refractivity contribution in [1.82, 2.24) is 4.72 Å². The van der Waals surface area contributed by atoms with E-state index in [0.717, 1.165) is 50.5 Å². The van der Waals surface area contributed by atoms with E-state index in [9.17, 15) is 18.0 Å². The normalized spacial score (nSPS) is 32.2. The summed E-state index contributed by atoms with van der Waals surface area (Å²) in [6, 6.07) is 5.40. The summed E-state index contributed by atoms with van der Waals surface area (Å²) in [7, 11) is -4.12. The van der Waals surface area contributed by atoms with E-state index in [4.69, 9.17) is 4.18 Å². The van der Waals surface area contributed by atoms with Gasteiger partial charge in [-0.25, -0.2) is 4.72 Å². The smallest absolute Gasteiger partial charge is 0.367 e. The lowest BCUT2D eigenvalue weighted by atomic mass is 9.54. The molecule has 0 spiro atoms. The van der Waals surface area contributed by atoms with Crippen LogP contribution in [0.3, 0.4) is 0 Å². The van der Waals surface area contributed by atoms with Crippen molar-refractivity contribution in [1.29, 1.82) is 0 Å². The van der Waals surface area contributed by atoms with Gasteiger partial charge >= 0.3 is 10.3 Å². The molecule has 4 rings (SSSR count). The van der Waals surface area contributed by atoms with Crippen molar-refractivity contribution in [2.75, 3.05) is 0 Å². The molecule has 1 N–H and O–H groups in total. The summed E-state index contributed by atoms with van der Waals surface area (Å²) in [5.41, 5.74) is 2.28. The van der Waals surface area contributed by atoms with Gasteiger partial charge < -0.3 is 4.18 Å². The fourth-order valence-electron chi connectivity index (χ4n) is 6.04. The zero-order valence-electron chi connectivity index (χ0n) is 15.4. The van der Waals surface area contributed by atoms with E-state index in [0.29, 0.717) is 23.5 Å². The SMILES string of the molecule is CCC12CCC3c4ccc(OS(=O)(=O)NC=O)cc4CCC3C1CCC2=O. The Bertz CT molecular complexity index is 880. The van der Waals surface area contributed by atoms with Crippen LogP contribution in [0.1, 0.15) is 62.5 Å². The van der Waals surface area contributed by atoms with Gasteiger partial charge in [-0.05, 0) is 79.5 Å². The third-order valence-corrected chi connectivity index (χ3v) is 7.97. The Morgan fingerprint density at radius 3 is 2.81 bits per heavy atom. The molecule has 0 bridgehead atoms. The number of nitrogens with one attached hydrogen (secondary N) is 1. The van der Waals surface area contributed by atoms with Gasteiger partial charge in [0.1, 0.15) is 11.5 Å². The Balaban J connectivity index is 1.60. The Labute approximate surface area is 159 Å². The average Bonchev–Trinajstić information content (AvgIpc) is 2.98. The number of Topliss-reactive ketones (excluding diaryl/α,β-unsaturated/α-hetero) is 1. The first kappa shape index (κ1) is 18.5. The fraction of sp³-hybridized carbons (Fsp3) is 0.600. The maximum Gasteiger partial charge on any atom is 0.409 e. The molecular formula is C20H25NO5S. The molecule has 146 valence electrons. The lowest BCUT2D eigenvalue weighted by molar-refractivity contribution is -0.131. The largest absolute Gasteiger partial charge is 0.409 e. The maximum atomic E-state index is 12.6. The molecule has 2 fully saturated rings. The molecule has 0 heterocycles. The van der Waals surface area contributed by atoms with E-state index in [2.05, 4.69) is 6.92 Å². The highest BCUT2D eigenvalue weighted by molar-refractivity contribution is 7.85. The van der Waals surface area contributed by atoms with E-state index in [-0.39, 0.29) is 17.6 Å². The van der Waals surface area contributed by atoms with Crippen molar-refractivity contribution >= 4 is 22.5 Å². The summed E-state index contributed by atoms with van der Waals surface area (Å²) >= 11 is 0. The number of carbonyl (C=O) groups is 2. The van der Waals surface area contributed by atoms with Gasteiger partial charge in [0, 0.05) is 11.8 Å². The van der Waals surface area contributed by atoms with Crippen molar-refractivity contribution in [3.8, 4) is 5.75 Å². The fourth-order valence-corrected chi connectivity index (χ4v) is 6.57. The predicted molar refractivity (Wildman–Crippen MR) is 99.4 cm³/mol. The highest BCUT2D eigenvalue weighted by atomic mass is 32.2. The molecule has 0 aliphatic heterocycles. The molecule has 1 aromatic carbocycles. The summed E-state index contributed by atoms with van der Waals surface area (Å²) in [5, 5.41) is 0. The molecule has 4 unspecified atom stereocenters. The van der Waals surface area contributed by atoms with Gasteiger partial charge in [-0.1, -0.05) is 13.0 Å². The molecule has 7 heteroatoms. The minimum absolute atomic E-state index is 0.0865. The number of hydrogen-bond donors (Lipinski definition) is 1. The summed E-state index contributed by atoms with van der Waals surface area (Å²) in [4.78, 5) is 23.0. The number of fused-ring (bicyclic) bond motifs is 5. The first-order chi connectivity index (χ1) is 12.9. The van der Waals surface area contributed by atoms with Crippen molar-refractivity contribution in [2.45, 2.75) is 57.8 Å². The zero-order valence-corrected chi connectivity index (χ0v) is 16.3. The molecule has 3 aliphatic carbocycles. The summed E-state index contributed by atoms with van der Waals surface area (Å²) in [5.74, 6) is 2.13. The van der Waals surface area contributed by atoms with Gasteiger partial charge in [-0.2, -0.15) is 8.42 Å². The van der Waals surface area contributed by atoms with Crippen LogP contribution >= 0.6 is 0 Å². The Hall–Kier alpha value is -1.89. The number of aryl methyl sites for hydroxylation is 1. The highest BCUT2D eigenvalue weighted by Crippen LogP contribution is 2.61. The van der Waals surface area contributed by atoms with Crippen LogP contribution < -0.4 is 8.91 Å². The minimum Gasteiger partial charge on any atom is -0.367 e. The molecular weight excluding hydrogens is 366 g/mol. The van der Waals surface area contributed by atoms with Crippen LogP contribution in [0.25, 0.3) is 0 Å². The van der Waals surface area contributed by atoms with E-state index >= 15 is 0 Å². The summed E-state index contributed by atoms with van der Waals surface area (Å²) in [6.07, 6.45) is 6.63. The van der Waals surface area contributed by atoms with Gasteiger partial charge in [0.25, 0.3) is 0 Å². The first-order valence-corrected chi connectivity index (χ1v) is 11.1. The standard InChI is InChI=1S/C20H25NO5S/c1-2-20-10-9-16-15-6-4-14(26-27(24,25)21-12-22)11-13(15)3-5-17(16)18(20)7-8-19(20)23/h4,6,11-12,16-18H,2-3,5,7-10H2,1H3,(H,21,22). The van der Waals surface area contributed by atoms with E-state index < -0.39 is 10.3 Å². The third kappa shape index (κ3) is 2.96. The van der Waals surface area contributed by atoms with Crippen molar-refractivity contribution < 1.29 is 22.2 Å². The second kappa shape index (κ2) is 6.62. The van der Waals surface area contributed by atoms with Crippen LogP contribution in [0.5, 0.6) is 5.75 Å². The quantitative estimate of drug-likeness (QED) is 0.780. The summed E-state index contributed by atoms with van der Waals surface area (Å²) in [6.45, 7) is 2.16. The van der Waals surface area contributed by atoms with Crippen molar-refractivity contribution in [3.05, 3.63) is 29.3 Å². The molecule has 0 saturated heterocycles. The predicted octanol–water partition coefficient (Wildman–Crippen LogP) is 2.87. The number of amides is 1. The van der Waals surface area contributed by atoms with Crippen LogP contribution in [0.2, 0.25) is 0 Å². The molecule has 1 amide bonds. The maximum absolute atomic E-state index is 12.6. The third-order valence-electron chi connectivity index (χ3n) is 7.17. The van der Waals surface area contributed by atoms with Crippen LogP contribution in [0.4, 0.5) is 0 Å². The van der Waals surface area contributed by atoms with Gasteiger partial charge in [0.15, 0.2) is 0 Å². The van der Waals surface area contributed by atoms with Crippen molar-refractivity contribution in [2.24, 2.45) is 17.3 Å². The lowest BCUT2D eigenvalue weighted by Gasteiger charge is -2.49. The number of rotatable bonds is 5. The van der Waals surface area contributed by atoms with E-state index in [1.54, 1.807) is 16.9 Å². The van der Waals surface area contributed by atoms with E-state index in [1.807, 2.05) is 6.07 Å². The van der Waals surface area contributed by atoms with Gasteiger partial charge in [0.2, 0.25) is 6.41 Å². The second-order valence-electron chi connectivity index (χ2n) is 8.06. The summed E-state index contributed by atoms with van der Waals surface area (Å²) < 4.78 is 29.9. The molecule has 0 aromatic heterocycles. The van der Waals surface area contributed by atoms with Crippen LogP contribution in [-0.2, 0) is 26.3 Å². The van der Waals surface area contributed by atoms with Crippen LogP contribution in [0, 0.1) is 17.3 Å². The molecule has 6 nitrogen and oxygen atoms in total. The van der Waals surface area contributed by atoms with Gasteiger partial charge in [0.05, 0.1) is 0 Å². The molecule has 2 saturated carbocycles. The second-order valence-corrected chi connectivity index (χ2v) is 9.37. The lowest BCUT2D eigenvalue weighted by Crippen LogP contribution is -2.44. The minimum atomic E-state index is -4.12. The van der Waals surface area contributed by atoms with Crippen LogP contribution in [0.15, 0.2) is 18.2 Å². The molecule has 0 radical (unpaired) electrons. The Morgan fingerprint density at radius 1 is 1.26 bits per heavy atom. The van der Waals surface area contributed by atoms with Crippen molar-refractivity contribution in [3.63, 3.8) is 0 Å².